The second kappa shape index (κ2) is 62.2. The van der Waals surface area contributed by atoms with Crippen molar-refractivity contribution in [3.05, 3.63) is 0 Å². The van der Waals surface area contributed by atoms with Crippen molar-refractivity contribution in [3.63, 3.8) is 0 Å². The topological polar surface area (TPSA) is 237 Å². The largest absolute Gasteiger partial charge is 0.472 e. The van der Waals surface area contributed by atoms with Gasteiger partial charge in [-0.3, -0.25) is 37.3 Å². The molecule has 3 N–H and O–H groups in total. The molecule has 0 saturated carbocycles. The molecule has 0 fully saturated rings. The van der Waals surface area contributed by atoms with E-state index in [2.05, 4.69) is 41.5 Å². The molecule has 0 aliphatic heterocycles. The van der Waals surface area contributed by atoms with E-state index in [1.807, 2.05) is 0 Å². The number of hydrogen-bond donors (Lipinski definition) is 3. The summed E-state index contributed by atoms with van der Waals surface area (Å²) in [7, 11) is -9.90. The molecule has 17 nitrogen and oxygen atoms in total. The van der Waals surface area contributed by atoms with Crippen LogP contribution in [-0.2, 0) is 65.4 Å². The molecule has 0 saturated heterocycles. The first-order valence-electron chi connectivity index (χ1n) is 36.5. The van der Waals surface area contributed by atoms with Gasteiger partial charge in [-0.25, -0.2) is 9.13 Å². The van der Waals surface area contributed by atoms with E-state index in [0.29, 0.717) is 25.7 Å². The lowest BCUT2D eigenvalue weighted by molar-refractivity contribution is -0.161. The zero-order valence-corrected chi connectivity index (χ0v) is 59.5. The summed E-state index contributed by atoms with van der Waals surface area (Å²) in [5, 5.41) is 10.6. The molecule has 0 radical (unpaired) electrons. The standard InChI is InChI=1S/C70H136O17P2/c1-7-10-12-14-16-18-20-22-26-29-33-40-46-52-67(72)80-58-65(86-70(75)55-49-43-35-31-27-23-24-28-32-38-44-50-62(4)5)60-84-88(76,77)82-56-64(71)57-83-89(78,79)85-61-66(59-81-68(73)53-47-41-37-36-39-45-51-63(6)9-3)87-69(74)54-48-42-34-30-25-21-19-17-15-13-11-8-2/h62-66,71H,7-61H2,1-6H3,(H,76,77)(H,78,79)/t63?,64-,65-,66-/m1/s1. The molecule has 0 aliphatic carbocycles. The second-order valence-electron chi connectivity index (χ2n) is 26.0. The molecule has 0 aromatic heterocycles. The van der Waals surface area contributed by atoms with Crippen molar-refractivity contribution >= 4 is 39.5 Å². The molecular weight excluding hydrogens is 1170 g/mol. The Bertz CT molecular complexity index is 1740. The Morgan fingerprint density at radius 1 is 0.326 bits per heavy atom. The fourth-order valence-electron chi connectivity index (χ4n) is 10.6. The first kappa shape index (κ1) is 87.1. The molecule has 0 aliphatic rings. The summed E-state index contributed by atoms with van der Waals surface area (Å²) in [6, 6.07) is 0. The lowest BCUT2D eigenvalue weighted by Gasteiger charge is -2.21. The number of carbonyl (C=O) groups is 4. The number of ether oxygens (including phenoxy) is 4. The minimum Gasteiger partial charge on any atom is -0.462 e. The number of aliphatic hydroxyl groups is 1. The summed E-state index contributed by atoms with van der Waals surface area (Å²) in [5.74, 6) is -0.627. The average molecular weight is 1310 g/mol. The molecule has 0 bridgehead atoms. The molecular formula is C70H136O17P2. The third-order valence-corrected chi connectivity index (χ3v) is 18.5. The zero-order valence-electron chi connectivity index (χ0n) is 57.7. The Morgan fingerprint density at radius 2 is 0.573 bits per heavy atom. The van der Waals surface area contributed by atoms with Crippen LogP contribution in [0.1, 0.15) is 356 Å². The molecule has 0 aromatic rings. The van der Waals surface area contributed by atoms with Crippen LogP contribution < -0.4 is 0 Å². The molecule has 6 atom stereocenters. The normalized spacial score (nSPS) is 14.4. The summed E-state index contributed by atoms with van der Waals surface area (Å²) in [6.07, 6.45) is 47.0. The lowest BCUT2D eigenvalue weighted by atomic mass is 10.00. The van der Waals surface area contributed by atoms with Gasteiger partial charge >= 0.3 is 39.5 Å². The van der Waals surface area contributed by atoms with Crippen LogP contribution in [0.2, 0.25) is 0 Å². The number of unbranched alkanes of at least 4 members (excludes halogenated alkanes) is 38. The van der Waals surface area contributed by atoms with E-state index in [4.69, 9.17) is 37.0 Å². The van der Waals surface area contributed by atoms with Crippen molar-refractivity contribution in [2.75, 3.05) is 39.6 Å². The Hall–Kier alpha value is -1.94. The highest BCUT2D eigenvalue weighted by Crippen LogP contribution is 2.45. The predicted molar refractivity (Wildman–Crippen MR) is 358 cm³/mol. The summed E-state index contributed by atoms with van der Waals surface area (Å²) < 4.78 is 68.3. The zero-order chi connectivity index (χ0) is 65.7. The molecule has 0 spiro atoms. The highest BCUT2D eigenvalue weighted by molar-refractivity contribution is 7.47. The van der Waals surface area contributed by atoms with E-state index in [0.717, 1.165) is 108 Å². The SMILES string of the molecule is CCCCCCCCCCCCCCCC(=O)OC[C@H](COP(=O)(O)OC[C@@H](O)COP(=O)(O)OC[C@@H](COC(=O)CCCCCCCCC(C)CC)OC(=O)CCCCCCCCCCCCCC)OC(=O)CCCCCCCCCCCCCC(C)C. The third kappa shape index (κ3) is 63.2. The van der Waals surface area contributed by atoms with Crippen molar-refractivity contribution < 1.29 is 80.2 Å². The summed E-state index contributed by atoms with van der Waals surface area (Å²) >= 11 is 0. The molecule has 0 aromatic carbocycles. The van der Waals surface area contributed by atoms with E-state index in [9.17, 15) is 43.2 Å². The van der Waals surface area contributed by atoms with Crippen LogP contribution in [0.15, 0.2) is 0 Å². The fraction of sp³-hybridized carbons (Fsp3) is 0.943. The van der Waals surface area contributed by atoms with Crippen molar-refractivity contribution in [1.29, 1.82) is 0 Å². The van der Waals surface area contributed by atoms with Gasteiger partial charge in [-0.2, -0.15) is 0 Å². The number of rotatable bonds is 69. The number of phosphoric ester groups is 2. The molecule has 0 amide bonds. The maximum Gasteiger partial charge on any atom is 0.472 e. The highest BCUT2D eigenvalue weighted by atomic mass is 31.2. The van der Waals surface area contributed by atoms with Crippen LogP contribution in [0.4, 0.5) is 0 Å². The fourth-order valence-corrected chi connectivity index (χ4v) is 12.1. The average Bonchev–Trinajstić information content (AvgIpc) is 3.72. The van der Waals surface area contributed by atoms with Gasteiger partial charge < -0.3 is 33.8 Å². The number of carbonyl (C=O) groups excluding carboxylic acids is 4. The van der Waals surface area contributed by atoms with Gasteiger partial charge in [0.2, 0.25) is 0 Å². The summed E-state index contributed by atoms with van der Waals surface area (Å²) in [5.41, 5.74) is 0. The predicted octanol–water partition coefficient (Wildman–Crippen LogP) is 20.0. The maximum absolute atomic E-state index is 13.0. The van der Waals surface area contributed by atoms with Crippen molar-refractivity contribution in [2.45, 2.75) is 374 Å². The number of phosphoric acid groups is 2. The lowest BCUT2D eigenvalue weighted by Crippen LogP contribution is -2.30. The van der Waals surface area contributed by atoms with E-state index >= 15 is 0 Å². The summed E-state index contributed by atoms with van der Waals surface area (Å²) in [6.45, 7) is 9.51. The molecule has 528 valence electrons. The Balaban J connectivity index is 5.26. The monoisotopic (exact) mass is 1310 g/mol. The van der Waals surface area contributed by atoms with Gasteiger partial charge in [-0.1, -0.05) is 305 Å². The molecule has 19 heteroatoms. The minimum absolute atomic E-state index is 0.106. The minimum atomic E-state index is -4.95. The highest BCUT2D eigenvalue weighted by Gasteiger charge is 2.30. The number of hydrogen-bond acceptors (Lipinski definition) is 15. The van der Waals surface area contributed by atoms with Gasteiger partial charge in [-0.05, 0) is 37.5 Å². The summed E-state index contributed by atoms with van der Waals surface area (Å²) in [4.78, 5) is 72.5. The first-order valence-corrected chi connectivity index (χ1v) is 39.5. The van der Waals surface area contributed by atoms with Crippen molar-refractivity contribution in [1.82, 2.24) is 0 Å². The first-order chi connectivity index (χ1) is 42.9. The van der Waals surface area contributed by atoms with E-state index < -0.39 is 97.5 Å². The van der Waals surface area contributed by atoms with Crippen LogP contribution in [0, 0.1) is 11.8 Å². The quantitative estimate of drug-likeness (QED) is 0.0222. The Labute approximate surface area is 543 Å². The van der Waals surface area contributed by atoms with Crippen molar-refractivity contribution in [2.24, 2.45) is 11.8 Å². The number of esters is 4. The molecule has 3 unspecified atom stereocenters. The van der Waals surface area contributed by atoms with Crippen LogP contribution in [-0.4, -0.2) is 96.7 Å². The van der Waals surface area contributed by atoms with Gasteiger partial charge in [0.25, 0.3) is 0 Å². The van der Waals surface area contributed by atoms with Gasteiger partial charge in [0.15, 0.2) is 12.2 Å². The maximum atomic E-state index is 13.0. The van der Waals surface area contributed by atoms with Crippen LogP contribution in [0.5, 0.6) is 0 Å². The number of aliphatic hydroxyl groups excluding tert-OH is 1. The van der Waals surface area contributed by atoms with Gasteiger partial charge in [0, 0.05) is 25.7 Å². The Morgan fingerprint density at radius 3 is 0.854 bits per heavy atom. The van der Waals surface area contributed by atoms with Gasteiger partial charge in [0.05, 0.1) is 26.4 Å². The van der Waals surface area contributed by atoms with E-state index in [1.165, 1.54) is 167 Å². The smallest absolute Gasteiger partial charge is 0.462 e. The van der Waals surface area contributed by atoms with Crippen LogP contribution in [0.25, 0.3) is 0 Å². The molecule has 0 heterocycles. The molecule has 89 heavy (non-hydrogen) atoms. The Kier molecular flexibility index (Phi) is 60.8. The van der Waals surface area contributed by atoms with Crippen LogP contribution >= 0.6 is 15.6 Å². The van der Waals surface area contributed by atoms with E-state index in [1.54, 1.807) is 0 Å². The third-order valence-electron chi connectivity index (χ3n) is 16.6. The molecule has 0 rings (SSSR count). The van der Waals surface area contributed by atoms with Crippen LogP contribution in [0.3, 0.4) is 0 Å². The van der Waals surface area contributed by atoms with Crippen molar-refractivity contribution in [3.8, 4) is 0 Å². The second-order valence-corrected chi connectivity index (χ2v) is 28.9. The van der Waals surface area contributed by atoms with Gasteiger partial charge in [-0.15, -0.1) is 0 Å². The van der Waals surface area contributed by atoms with E-state index in [-0.39, 0.29) is 25.7 Å². The van der Waals surface area contributed by atoms with Gasteiger partial charge in [0.1, 0.15) is 19.3 Å².